The van der Waals surface area contributed by atoms with Crippen molar-refractivity contribution in [3.8, 4) is 5.75 Å². The van der Waals surface area contributed by atoms with Gasteiger partial charge in [0.05, 0.1) is 0 Å². The number of carbonyl (C=O) groups is 1. The van der Waals surface area contributed by atoms with Crippen molar-refractivity contribution in [3.63, 3.8) is 0 Å². The molecule has 1 N–H and O–H groups in total. The van der Waals surface area contributed by atoms with Gasteiger partial charge in [0.2, 0.25) is 0 Å². The van der Waals surface area contributed by atoms with Crippen LogP contribution in [0.2, 0.25) is 0 Å². The quantitative estimate of drug-likeness (QED) is 0.820. The maximum absolute atomic E-state index is 12.2. The molecule has 0 aliphatic carbocycles. The van der Waals surface area contributed by atoms with Gasteiger partial charge in [-0.15, -0.1) is 0 Å². The van der Waals surface area contributed by atoms with Gasteiger partial charge in [0.15, 0.2) is 0 Å². The molecule has 0 radical (unpaired) electrons. The second-order valence-electron chi connectivity index (χ2n) is 5.95. The minimum absolute atomic E-state index is 0.0882. The lowest BCUT2D eigenvalue weighted by atomic mass is 10.2. The van der Waals surface area contributed by atoms with Crippen molar-refractivity contribution in [2.24, 2.45) is 0 Å². The predicted molar refractivity (Wildman–Crippen MR) is 95.3 cm³/mol. The van der Waals surface area contributed by atoms with Crippen molar-refractivity contribution in [2.45, 2.75) is 19.7 Å². The van der Waals surface area contributed by atoms with E-state index in [9.17, 15) is 13.6 Å². The van der Waals surface area contributed by atoms with Crippen molar-refractivity contribution < 1.29 is 18.3 Å². The molecule has 1 aromatic carbocycles. The number of urea groups is 1. The first kappa shape index (κ1) is 19.4. The number of carbonyl (C=O) groups excluding carboxylic acids is 1. The molecule has 0 fully saturated rings. The lowest BCUT2D eigenvalue weighted by Gasteiger charge is -2.19. The van der Waals surface area contributed by atoms with E-state index in [0.717, 1.165) is 16.9 Å². The summed E-state index contributed by atoms with van der Waals surface area (Å²) in [6, 6.07) is 9.71. The Morgan fingerprint density at radius 2 is 1.85 bits per heavy atom. The zero-order valence-corrected chi connectivity index (χ0v) is 14.9. The zero-order valence-electron chi connectivity index (χ0n) is 14.9. The maximum Gasteiger partial charge on any atom is 0.387 e. The van der Waals surface area contributed by atoms with Crippen LogP contribution in [0.15, 0.2) is 42.6 Å². The smallest absolute Gasteiger partial charge is 0.387 e. The normalized spacial score (nSPS) is 10.5. The van der Waals surface area contributed by atoms with Crippen LogP contribution in [0.1, 0.15) is 11.1 Å². The zero-order chi connectivity index (χ0) is 19.1. The highest BCUT2D eigenvalue weighted by atomic mass is 19.3. The lowest BCUT2D eigenvalue weighted by Crippen LogP contribution is -2.36. The van der Waals surface area contributed by atoms with Gasteiger partial charge in [0.25, 0.3) is 0 Å². The summed E-state index contributed by atoms with van der Waals surface area (Å²) in [5.74, 6) is 0.904. The first-order chi connectivity index (χ1) is 12.3. The van der Waals surface area contributed by atoms with E-state index in [4.69, 9.17) is 0 Å². The number of anilines is 1. The SMILES string of the molecule is CN(Cc1ccc(OC(F)F)cc1)C(=O)NCc1ccnc(N(C)C)c1. The minimum atomic E-state index is -2.85. The number of rotatable bonds is 7. The fourth-order valence-electron chi connectivity index (χ4n) is 2.25. The minimum Gasteiger partial charge on any atom is -0.435 e. The summed E-state index contributed by atoms with van der Waals surface area (Å²) >= 11 is 0. The van der Waals surface area contributed by atoms with E-state index in [1.165, 1.54) is 17.0 Å². The second-order valence-corrected chi connectivity index (χ2v) is 5.95. The molecule has 2 aromatic rings. The largest absolute Gasteiger partial charge is 0.435 e. The molecule has 0 aliphatic rings. The summed E-state index contributed by atoms with van der Waals surface area (Å²) in [4.78, 5) is 19.8. The van der Waals surface area contributed by atoms with E-state index < -0.39 is 6.61 Å². The molecule has 0 bridgehead atoms. The predicted octanol–water partition coefficient (Wildman–Crippen LogP) is 3.09. The van der Waals surface area contributed by atoms with Crippen molar-refractivity contribution in [1.82, 2.24) is 15.2 Å². The van der Waals surface area contributed by atoms with E-state index in [-0.39, 0.29) is 11.8 Å². The number of nitrogens with zero attached hydrogens (tertiary/aromatic N) is 3. The summed E-state index contributed by atoms with van der Waals surface area (Å²) < 4.78 is 28.6. The van der Waals surface area contributed by atoms with Crippen LogP contribution in [-0.4, -0.2) is 43.7 Å². The molecule has 0 spiro atoms. The highest BCUT2D eigenvalue weighted by Gasteiger charge is 2.10. The molecule has 0 atom stereocenters. The molecular weight excluding hydrogens is 342 g/mol. The number of alkyl halides is 2. The average molecular weight is 364 g/mol. The van der Waals surface area contributed by atoms with Crippen LogP contribution in [0.5, 0.6) is 5.75 Å². The van der Waals surface area contributed by atoms with Gasteiger partial charge in [-0.3, -0.25) is 0 Å². The summed E-state index contributed by atoms with van der Waals surface area (Å²) in [5.41, 5.74) is 1.75. The third kappa shape index (κ3) is 5.87. The Balaban J connectivity index is 1.86. The van der Waals surface area contributed by atoms with Crippen LogP contribution in [0.3, 0.4) is 0 Å². The molecule has 0 aliphatic heterocycles. The van der Waals surface area contributed by atoms with E-state index >= 15 is 0 Å². The van der Waals surface area contributed by atoms with Gasteiger partial charge < -0.3 is 19.9 Å². The number of aromatic nitrogens is 1. The Hall–Kier alpha value is -2.90. The van der Waals surface area contributed by atoms with Gasteiger partial charge >= 0.3 is 12.6 Å². The van der Waals surface area contributed by atoms with Crippen LogP contribution in [0.25, 0.3) is 0 Å². The first-order valence-corrected chi connectivity index (χ1v) is 8.00. The maximum atomic E-state index is 12.2. The number of hydrogen-bond acceptors (Lipinski definition) is 4. The van der Waals surface area contributed by atoms with Gasteiger partial charge in [-0.1, -0.05) is 12.1 Å². The van der Waals surface area contributed by atoms with Gasteiger partial charge in [-0.05, 0) is 35.4 Å². The molecule has 8 heteroatoms. The Labute approximate surface area is 151 Å². The second kappa shape index (κ2) is 8.98. The standard InChI is InChI=1S/C18H22F2N4O2/c1-23(2)16-10-14(8-9-21-16)11-22-18(25)24(3)12-13-4-6-15(7-5-13)26-17(19)20/h4-10,17H,11-12H2,1-3H3,(H,22,25). The van der Waals surface area contributed by atoms with Crippen LogP contribution >= 0.6 is 0 Å². The number of nitrogens with one attached hydrogen (secondary N) is 1. The van der Waals surface area contributed by atoms with E-state index in [0.29, 0.717) is 13.1 Å². The molecule has 1 aromatic heterocycles. The summed E-state index contributed by atoms with van der Waals surface area (Å²) in [6.45, 7) is -2.12. The number of hydrogen-bond donors (Lipinski definition) is 1. The Morgan fingerprint density at radius 1 is 1.15 bits per heavy atom. The van der Waals surface area contributed by atoms with Gasteiger partial charge in [-0.2, -0.15) is 8.78 Å². The molecule has 2 rings (SSSR count). The average Bonchev–Trinajstić information content (AvgIpc) is 2.61. The number of benzene rings is 1. The van der Waals surface area contributed by atoms with Crippen molar-refractivity contribution in [1.29, 1.82) is 0 Å². The van der Waals surface area contributed by atoms with Gasteiger partial charge in [0, 0.05) is 40.4 Å². The Bertz CT molecular complexity index is 723. The molecule has 6 nitrogen and oxygen atoms in total. The fourth-order valence-corrected chi connectivity index (χ4v) is 2.25. The highest BCUT2D eigenvalue weighted by molar-refractivity contribution is 5.73. The highest BCUT2D eigenvalue weighted by Crippen LogP contribution is 2.16. The van der Waals surface area contributed by atoms with Crippen LogP contribution in [0, 0.1) is 0 Å². The van der Waals surface area contributed by atoms with E-state index in [2.05, 4.69) is 15.0 Å². The van der Waals surface area contributed by atoms with E-state index in [1.807, 2.05) is 31.1 Å². The molecule has 0 saturated carbocycles. The van der Waals surface area contributed by atoms with Crippen LogP contribution in [-0.2, 0) is 13.1 Å². The molecule has 2 amide bonds. The van der Waals surface area contributed by atoms with Gasteiger partial charge in [-0.25, -0.2) is 9.78 Å². The molecule has 0 unspecified atom stereocenters. The molecule has 1 heterocycles. The summed E-state index contributed by atoms with van der Waals surface area (Å²) in [6.07, 6.45) is 1.70. The number of pyridine rings is 1. The van der Waals surface area contributed by atoms with Crippen molar-refractivity contribution in [2.75, 3.05) is 26.0 Å². The molecule has 0 saturated heterocycles. The topological polar surface area (TPSA) is 57.7 Å². The number of ether oxygens (including phenoxy) is 1. The number of halogens is 2. The Kier molecular flexibility index (Phi) is 6.71. The third-order valence-corrected chi connectivity index (χ3v) is 3.63. The van der Waals surface area contributed by atoms with Crippen LogP contribution in [0.4, 0.5) is 19.4 Å². The van der Waals surface area contributed by atoms with Gasteiger partial charge in [0.1, 0.15) is 11.6 Å². The first-order valence-electron chi connectivity index (χ1n) is 8.00. The molecule has 26 heavy (non-hydrogen) atoms. The molecular formula is C18H22F2N4O2. The molecule has 140 valence electrons. The van der Waals surface area contributed by atoms with E-state index in [1.54, 1.807) is 25.4 Å². The lowest BCUT2D eigenvalue weighted by molar-refractivity contribution is -0.0498. The fraction of sp³-hybridized carbons (Fsp3) is 0.333. The summed E-state index contributed by atoms with van der Waals surface area (Å²) in [7, 11) is 5.46. The van der Waals surface area contributed by atoms with Crippen LogP contribution < -0.4 is 15.0 Å². The Morgan fingerprint density at radius 3 is 2.46 bits per heavy atom. The monoisotopic (exact) mass is 364 g/mol. The number of amides is 2. The summed E-state index contributed by atoms with van der Waals surface area (Å²) in [5, 5.41) is 2.84. The van der Waals surface area contributed by atoms with Crippen molar-refractivity contribution >= 4 is 11.8 Å². The third-order valence-electron chi connectivity index (χ3n) is 3.63. The van der Waals surface area contributed by atoms with Crippen molar-refractivity contribution in [3.05, 3.63) is 53.7 Å².